The van der Waals surface area contributed by atoms with E-state index in [4.69, 9.17) is 9.68 Å². The lowest BCUT2D eigenvalue weighted by molar-refractivity contribution is -0.384. The van der Waals surface area contributed by atoms with Crippen LogP contribution in [-0.4, -0.2) is 4.92 Å². The minimum atomic E-state index is -0.469. The molecule has 0 fully saturated rings. The van der Waals surface area contributed by atoms with Gasteiger partial charge in [-0.2, -0.15) is 5.26 Å². The highest BCUT2D eigenvalue weighted by Gasteiger charge is 2.19. The van der Waals surface area contributed by atoms with Crippen molar-refractivity contribution in [3.8, 4) is 6.07 Å². The van der Waals surface area contributed by atoms with Gasteiger partial charge in [0.2, 0.25) is 0 Å². The van der Waals surface area contributed by atoms with E-state index in [1.54, 1.807) is 0 Å². The topological polar surface area (TPSA) is 92.1 Å². The summed E-state index contributed by atoms with van der Waals surface area (Å²) in [5.74, 6) is 1.56. The zero-order valence-corrected chi connectivity index (χ0v) is 12.0. The summed E-state index contributed by atoms with van der Waals surface area (Å²) in [7, 11) is 0. The standard InChI is InChI=1S/C15H15N3O3/c1-9-6-13(11(3)21-9)10(2)17-14-7-12(8-16)4-5-15(14)18(19)20/h4-7,10,17H,1-3H3. The maximum Gasteiger partial charge on any atom is 0.292 e. The number of aryl methyl sites for hydroxylation is 2. The number of hydrogen-bond acceptors (Lipinski definition) is 5. The third-order valence-corrected chi connectivity index (χ3v) is 3.24. The van der Waals surface area contributed by atoms with E-state index in [0.717, 1.165) is 17.1 Å². The molecule has 1 unspecified atom stereocenters. The maximum absolute atomic E-state index is 11.1. The van der Waals surface area contributed by atoms with Crippen molar-refractivity contribution in [1.82, 2.24) is 0 Å². The van der Waals surface area contributed by atoms with Crippen LogP contribution in [0.2, 0.25) is 0 Å². The van der Waals surface area contributed by atoms with Gasteiger partial charge in [-0.3, -0.25) is 10.1 Å². The molecule has 1 aromatic carbocycles. The monoisotopic (exact) mass is 285 g/mol. The van der Waals surface area contributed by atoms with E-state index in [1.165, 1.54) is 18.2 Å². The largest absolute Gasteiger partial charge is 0.466 e. The number of nitro benzene ring substituents is 1. The van der Waals surface area contributed by atoms with Gasteiger partial charge in [-0.15, -0.1) is 0 Å². The Morgan fingerprint density at radius 2 is 2.10 bits per heavy atom. The molecule has 1 aromatic heterocycles. The normalized spacial score (nSPS) is 11.7. The number of rotatable bonds is 4. The lowest BCUT2D eigenvalue weighted by Gasteiger charge is -2.15. The summed E-state index contributed by atoms with van der Waals surface area (Å²) >= 11 is 0. The molecular weight excluding hydrogens is 270 g/mol. The van der Waals surface area contributed by atoms with Crippen molar-refractivity contribution in [3.05, 3.63) is 57.0 Å². The number of furan rings is 1. The second-order valence-electron chi connectivity index (χ2n) is 4.84. The Bertz CT molecular complexity index is 728. The third-order valence-electron chi connectivity index (χ3n) is 3.24. The molecule has 0 aliphatic carbocycles. The molecule has 0 spiro atoms. The van der Waals surface area contributed by atoms with Crippen LogP contribution in [0.3, 0.4) is 0 Å². The van der Waals surface area contributed by atoms with Crippen molar-refractivity contribution in [2.45, 2.75) is 26.8 Å². The van der Waals surface area contributed by atoms with Gasteiger partial charge in [0.05, 0.1) is 22.6 Å². The van der Waals surface area contributed by atoms with Crippen molar-refractivity contribution in [1.29, 1.82) is 5.26 Å². The number of nitrogens with one attached hydrogen (secondary N) is 1. The van der Waals surface area contributed by atoms with E-state index >= 15 is 0 Å². The van der Waals surface area contributed by atoms with Crippen LogP contribution in [0.25, 0.3) is 0 Å². The Morgan fingerprint density at radius 1 is 1.38 bits per heavy atom. The first-order valence-electron chi connectivity index (χ1n) is 6.44. The van der Waals surface area contributed by atoms with Crippen LogP contribution in [0.4, 0.5) is 11.4 Å². The lowest BCUT2D eigenvalue weighted by Crippen LogP contribution is -2.09. The van der Waals surface area contributed by atoms with Crippen molar-refractivity contribution >= 4 is 11.4 Å². The van der Waals surface area contributed by atoms with E-state index in [9.17, 15) is 10.1 Å². The van der Waals surface area contributed by atoms with Crippen LogP contribution in [0.1, 0.15) is 35.6 Å². The summed E-state index contributed by atoms with van der Waals surface area (Å²) in [4.78, 5) is 10.6. The maximum atomic E-state index is 11.1. The van der Waals surface area contributed by atoms with E-state index in [0.29, 0.717) is 11.3 Å². The van der Waals surface area contributed by atoms with Gasteiger partial charge in [0.1, 0.15) is 17.2 Å². The van der Waals surface area contributed by atoms with Gasteiger partial charge in [0, 0.05) is 11.6 Å². The summed E-state index contributed by atoms with van der Waals surface area (Å²) in [5.41, 5.74) is 1.57. The minimum Gasteiger partial charge on any atom is -0.466 e. The average Bonchev–Trinajstić information content (AvgIpc) is 2.77. The first kappa shape index (κ1) is 14.6. The van der Waals surface area contributed by atoms with Crippen LogP contribution in [0.15, 0.2) is 28.7 Å². The van der Waals surface area contributed by atoms with Gasteiger partial charge in [0.25, 0.3) is 5.69 Å². The van der Waals surface area contributed by atoms with E-state index in [1.807, 2.05) is 32.9 Å². The summed E-state index contributed by atoms with van der Waals surface area (Å²) in [6.45, 7) is 5.59. The first-order chi connectivity index (χ1) is 9.92. The fourth-order valence-corrected chi connectivity index (χ4v) is 2.27. The number of nitro groups is 1. The smallest absolute Gasteiger partial charge is 0.292 e. The van der Waals surface area contributed by atoms with Crippen LogP contribution in [0, 0.1) is 35.3 Å². The molecular formula is C15H15N3O3. The zero-order valence-electron chi connectivity index (χ0n) is 12.0. The molecule has 21 heavy (non-hydrogen) atoms. The number of benzene rings is 1. The highest BCUT2D eigenvalue weighted by atomic mass is 16.6. The number of nitrogens with zero attached hydrogens (tertiary/aromatic N) is 2. The lowest BCUT2D eigenvalue weighted by atomic mass is 10.1. The third kappa shape index (κ3) is 3.03. The number of hydrogen-bond donors (Lipinski definition) is 1. The van der Waals surface area contributed by atoms with Gasteiger partial charge in [-0.05, 0) is 39.0 Å². The van der Waals surface area contributed by atoms with Crippen LogP contribution >= 0.6 is 0 Å². The molecule has 0 bridgehead atoms. The van der Waals surface area contributed by atoms with Crippen molar-refractivity contribution in [2.75, 3.05) is 5.32 Å². The fourth-order valence-electron chi connectivity index (χ4n) is 2.27. The molecule has 2 rings (SSSR count). The molecule has 0 aliphatic heterocycles. The Hall–Kier alpha value is -2.81. The summed E-state index contributed by atoms with van der Waals surface area (Å²) in [6, 6.07) is 7.95. The summed E-state index contributed by atoms with van der Waals surface area (Å²) < 4.78 is 5.47. The predicted molar refractivity (Wildman–Crippen MR) is 78.0 cm³/mol. The highest BCUT2D eigenvalue weighted by Crippen LogP contribution is 2.30. The average molecular weight is 285 g/mol. The molecule has 1 atom stereocenters. The zero-order chi connectivity index (χ0) is 15.6. The predicted octanol–water partition coefficient (Wildman–Crippen LogP) is 3.85. The van der Waals surface area contributed by atoms with Gasteiger partial charge in [0.15, 0.2) is 0 Å². The fraction of sp³-hybridized carbons (Fsp3) is 0.267. The van der Waals surface area contributed by atoms with Gasteiger partial charge in [-0.1, -0.05) is 0 Å². The van der Waals surface area contributed by atoms with E-state index < -0.39 is 4.92 Å². The van der Waals surface area contributed by atoms with Crippen molar-refractivity contribution in [2.24, 2.45) is 0 Å². The van der Waals surface area contributed by atoms with E-state index in [-0.39, 0.29) is 11.7 Å². The van der Waals surface area contributed by atoms with Crippen LogP contribution in [0.5, 0.6) is 0 Å². The molecule has 0 saturated heterocycles. The number of nitriles is 1. The molecule has 0 amide bonds. The molecule has 0 saturated carbocycles. The molecule has 6 heteroatoms. The molecule has 0 radical (unpaired) electrons. The van der Waals surface area contributed by atoms with E-state index in [2.05, 4.69) is 5.32 Å². The van der Waals surface area contributed by atoms with Crippen molar-refractivity contribution in [3.63, 3.8) is 0 Å². The van der Waals surface area contributed by atoms with Crippen LogP contribution in [-0.2, 0) is 0 Å². The van der Waals surface area contributed by atoms with Crippen molar-refractivity contribution < 1.29 is 9.34 Å². The first-order valence-corrected chi connectivity index (χ1v) is 6.44. The van der Waals surface area contributed by atoms with Gasteiger partial charge in [-0.25, -0.2) is 0 Å². The SMILES string of the molecule is Cc1cc(C(C)Nc2cc(C#N)ccc2[N+](=O)[O-])c(C)o1. The molecule has 6 nitrogen and oxygen atoms in total. The molecule has 0 aliphatic rings. The Morgan fingerprint density at radius 3 is 2.62 bits per heavy atom. The molecule has 1 heterocycles. The molecule has 1 N–H and O–H groups in total. The second-order valence-corrected chi connectivity index (χ2v) is 4.84. The minimum absolute atomic E-state index is 0.0567. The highest BCUT2D eigenvalue weighted by molar-refractivity contribution is 5.65. The molecule has 108 valence electrons. The summed E-state index contributed by atoms with van der Waals surface area (Å²) in [5, 5.41) is 23.1. The Kier molecular flexibility index (Phi) is 3.94. The van der Waals surface area contributed by atoms with Gasteiger partial charge >= 0.3 is 0 Å². The Balaban J connectivity index is 2.36. The summed E-state index contributed by atoms with van der Waals surface area (Å²) in [6.07, 6.45) is 0. The van der Waals surface area contributed by atoms with Crippen LogP contribution < -0.4 is 5.32 Å². The number of anilines is 1. The quantitative estimate of drug-likeness (QED) is 0.680. The molecule has 2 aromatic rings. The van der Waals surface area contributed by atoms with Gasteiger partial charge < -0.3 is 9.73 Å². The second kappa shape index (κ2) is 5.67. The Labute approximate surface area is 122 Å².